The number of ether oxygens (including phenoxy) is 2. The fourth-order valence-electron chi connectivity index (χ4n) is 1.42. The Morgan fingerprint density at radius 1 is 1.53 bits per heavy atom. The summed E-state index contributed by atoms with van der Waals surface area (Å²) in [5, 5.41) is 0. The molecular formula is C10H11Br2NO2. The van der Waals surface area contributed by atoms with Crippen molar-refractivity contribution in [3.05, 3.63) is 21.2 Å². The molecule has 0 aliphatic carbocycles. The molecule has 0 aromatic carbocycles. The Hall–Kier alpha value is -0.130. The van der Waals surface area contributed by atoms with Gasteiger partial charge in [0.2, 0.25) is 5.88 Å². The molecule has 2 rings (SSSR count). The van der Waals surface area contributed by atoms with Crippen molar-refractivity contribution in [2.45, 2.75) is 6.42 Å². The van der Waals surface area contributed by atoms with Crippen molar-refractivity contribution in [3.8, 4) is 5.88 Å². The fraction of sp³-hybridized carbons (Fsp3) is 0.500. The van der Waals surface area contributed by atoms with E-state index in [4.69, 9.17) is 9.47 Å². The van der Waals surface area contributed by atoms with Crippen molar-refractivity contribution in [1.29, 1.82) is 0 Å². The van der Waals surface area contributed by atoms with E-state index in [1.807, 2.05) is 6.07 Å². The van der Waals surface area contributed by atoms with Crippen LogP contribution in [0.4, 0.5) is 0 Å². The third-order valence-corrected chi connectivity index (χ3v) is 3.26. The third kappa shape index (κ3) is 3.16. The summed E-state index contributed by atoms with van der Waals surface area (Å²) in [5.41, 5.74) is 0. The quantitative estimate of drug-likeness (QED) is 0.850. The minimum atomic E-state index is 0.502. The second-order valence-corrected chi connectivity index (χ2v) is 5.25. The maximum absolute atomic E-state index is 5.62. The van der Waals surface area contributed by atoms with Crippen LogP contribution in [0, 0.1) is 5.92 Å². The highest BCUT2D eigenvalue weighted by molar-refractivity contribution is 9.11. The summed E-state index contributed by atoms with van der Waals surface area (Å²) in [6.07, 6.45) is 2.80. The lowest BCUT2D eigenvalue weighted by Crippen LogP contribution is -2.12. The van der Waals surface area contributed by atoms with Crippen molar-refractivity contribution < 1.29 is 9.47 Å². The molecule has 15 heavy (non-hydrogen) atoms. The molecule has 82 valence electrons. The lowest BCUT2D eigenvalue weighted by Gasteiger charge is -2.10. The zero-order valence-corrected chi connectivity index (χ0v) is 11.3. The molecule has 1 aliphatic heterocycles. The van der Waals surface area contributed by atoms with Gasteiger partial charge in [0.15, 0.2) is 0 Å². The smallest absolute Gasteiger partial charge is 0.228 e. The van der Waals surface area contributed by atoms with Crippen LogP contribution in [0.2, 0.25) is 0 Å². The molecule has 2 heterocycles. The molecule has 1 aromatic heterocycles. The van der Waals surface area contributed by atoms with Gasteiger partial charge in [0.25, 0.3) is 0 Å². The van der Waals surface area contributed by atoms with E-state index in [0.717, 1.165) is 28.6 Å². The first-order chi connectivity index (χ1) is 7.25. The van der Waals surface area contributed by atoms with Crippen molar-refractivity contribution in [1.82, 2.24) is 4.98 Å². The van der Waals surface area contributed by atoms with E-state index in [9.17, 15) is 0 Å². The first-order valence-corrected chi connectivity index (χ1v) is 6.36. The van der Waals surface area contributed by atoms with E-state index < -0.39 is 0 Å². The van der Waals surface area contributed by atoms with Gasteiger partial charge in [-0.3, -0.25) is 0 Å². The summed E-state index contributed by atoms with van der Waals surface area (Å²) in [4.78, 5) is 4.18. The van der Waals surface area contributed by atoms with Crippen molar-refractivity contribution >= 4 is 31.9 Å². The Balaban J connectivity index is 1.92. The summed E-state index contributed by atoms with van der Waals surface area (Å²) < 4.78 is 12.7. The van der Waals surface area contributed by atoms with Gasteiger partial charge in [-0.25, -0.2) is 4.98 Å². The number of hydrogen-bond acceptors (Lipinski definition) is 3. The van der Waals surface area contributed by atoms with Crippen LogP contribution in [0.3, 0.4) is 0 Å². The normalized spacial score (nSPS) is 20.5. The second-order valence-electron chi connectivity index (χ2n) is 3.48. The van der Waals surface area contributed by atoms with Crippen LogP contribution < -0.4 is 4.74 Å². The van der Waals surface area contributed by atoms with E-state index in [-0.39, 0.29) is 0 Å². The summed E-state index contributed by atoms with van der Waals surface area (Å²) in [6, 6.07) is 1.92. The Morgan fingerprint density at radius 3 is 3.07 bits per heavy atom. The molecule has 0 bridgehead atoms. The molecule has 1 unspecified atom stereocenters. The van der Waals surface area contributed by atoms with Gasteiger partial charge in [0.05, 0.1) is 17.7 Å². The number of aromatic nitrogens is 1. The molecule has 0 radical (unpaired) electrons. The maximum atomic E-state index is 5.62. The lowest BCUT2D eigenvalue weighted by molar-refractivity contribution is 0.165. The average Bonchev–Trinajstić information content (AvgIpc) is 2.69. The van der Waals surface area contributed by atoms with Crippen molar-refractivity contribution in [3.63, 3.8) is 0 Å². The first kappa shape index (κ1) is 11.4. The summed E-state index contributed by atoms with van der Waals surface area (Å²) >= 11 is 6.75. The number of nitrogens with zero attached hydrogens (tertiary/aromatic N) is 1. The predicted octanol–water partition coefficient (Wildman–Crippen LogP) is 3.02. The second kappa shape index (κ2) is 5.27. The third-order valence-electron chi connectivity index (χ3n) is 2.25. The highest BCUT2D eigenvalue weighted by Crippen LogP contribution is 2.26. The van der Waals surface area contributed by atoms with Crippen LogP contribution in [0.5, 0.6) is 5.88 Å². The number of pyridine rings is 1. The van der Waals surface area contributed by atoms with Crippen molar-refractivity contribution in [2.24, 2.45) is 5.92 Å². The molecule has 0 amide bonds. The number of halogens is 2. The molecule has 0 saturated carbocycles. The summed E-state index contributed by atoms with van der Waals surface area (Å²) in [5.74, 6) is 1.15. The Labute approximate surface area is 105 Å². The predicted molar refractivity (Wildman–Crippen MR) is 64.1 cm³/mol. The summed E-state index contributed by atoms with van der Waals surface area (Å²) in [6.45, 7) is 2.32. The molecule has 1 aliphatic rings. The first-order valence-electron chi connectivity index (χ1n) is 4.77. The summed E-state index contributed by atoms with van der Waals surface area (Å²) in [7, 11) is 0. The van der Waals surface area contributed by atoms with E-state index in [1.54, 1.807) is 6.20 Å². The van der Waals surface area contributed by atoms with Gasteiger partial charge in [-0.2, -0.15) is 0 Å². The van der Waals surface area contributed by atoms with E-state index in [2.05, 4.69) is 36.8 Å². The SMILES string of the molecule is Brc1cnc(OCC2CCOC2)c(Br)c1. The zero-order chi connectivity index (χ0) is 10.7. The van der Waals surface area contributed by atoms with Crippen LogP contribution >= 0.6 is 31.9 Å². The Morgan fingerprint density at radius 2 is 2.40 bits per heavy atom. The van der Waals surface area contributed by atoms with E-state index >= 15 is 0 Å². The van der Waals surface area contributed by atoms with E-state index in [1.165, 1.54) is 0 Å². The Kier molecular flexibility index (Phi) is 3.99. The van der Waals surface area contributed by atoms with Gasteiger partial charge in [0.1, 0.15) is 0 Å². The van der Waals surface area contributed by atoms with Crippen LogP contribution in [0.1, 0.15) is 6.42 Å². The standard InChI is InChI=1S/C10H11Br2NO2/c11-8-3-9(12)10(13-4-8)15-6-7-1-2-14-5-7/h3-4,7H,1-2,5-6H2. The molecule has 1 fully saturated rings. The molecule has 5 heteroatoms. The van der Waals surface area contributed by atoms with Gasteiger partial charge >= 0.3 is 0 Å². The molecule has 1 saturated heterocycles. The van der Waals surface area contributed by atoms with Crippen LogP contribution in [-0.4, -0.2) is 24.8 Å². The average molecular weight is 337 g/mol. The van der Waals surface area contributed by atoms with Gasteiger partial charge in [-0.15, -0.1) is 0 Å². The molecule has 3 nitrogen and oxygen atoms in total. The molecule has 1 atom stereocenters. The van der Waals surface area contributed by atoms with E-state index in [0.29, 0.717) is 18.4 Å². The van der Waals surface area contributed by atoms with Gasteiger partial charge in [-0.05, 0) is 44.3 Å². The Bertz CT molecular complexity index is 340. The van der Waals surface area contributed by atoms with Crippen LogP contribution in [-0.2, 0) is 4.74 Å². The highest BCUT2D eigenvalue weighted by atomic mass is 79.9. The highest BCUT2D eigenvalue weighted by Gasteiger charge is 2.17. The molecule has 0 N–H and O–H groups in total. The van der Waals surface area contributed by atoms with Crippen molar-refractivity contribution in [2.75, 3.05) is 19.8 Å². The largest absolute Gasteiger partial charge is 0.476 e. The zero-order valence-electron chi connectivity index (χ0n) is 8.08. The fourth-order valence-corrected chi connectivity index (χ4v) is 2.52. The number of rotatable bonds is 3. The molecule has 0 spiro atoms. The molecule has 1 aromatic rings. The van der Waals surface area contributed by atoms with Gasteiger partial charge in [0, 0.05) is 23.2 Å². The molecular weight excluding hydrogens is 326 g/mol. The van der Waals surface area contributed by atoms with Crippen LogP contribution in [0.15, 0.2) is 21.2 Å². The van der Waals surface area contributed by atoms with Gasteiger partial charge < -0.3 is 9.47 Å². The number of hydrogen-bond donors (Lipinski definition) is 0. The minimum absolute atomic E-state index is 0.502. The van der Waals surface area contributed by atoms with Gasteiger partial charge in [-0.1, -0.05) is 0 Å². The monoisotopic (exact) mass is 335 g/mol. The lowest BCUT2D eigenvalue weighted by atomic mass is 10.1. The maximum Gasteiger partial charge on any atom is 0.228 e. The topological polar surface area (TPSA) is 31.4 Å². The van der Waals surface area contributed by atoms with Crippen LogP contribution in [0.25, 0.3) is 0 Å². The minimum Gasteiger partial charge on any atom is -0.476 e.